The van der Waals surface area contributed by atoms with E-state index in [9.17, 15) is 4.79 Å². The van der Waals surface area contributed by atoms with Gasteiger partial charge in [0.25, 0.3) is 0 Å². The highest BCUT2D eigenvalue weighted by Gasteiger charge is 2.19. The van der Waals surface area contributed by atoms with Crippen LogP contribution in [-0.4, -0.2) is 5.97 Å². The molecule has 0 radical (unpaired) electrons. The molecule has 1 atom stereocenters. The lowest BCUT2D eigenvalue weighted by Crippen LogP contribution is -2.10. The van der Waals surface area contributed by atoms with Crippen molar-refractivity contribution >= 4 is 17.6 Å². The molecule has 19 heavy (non-hydrogen) atoms. The number of hydrogen-bond acceptors (Lipinski definition) is 3. The Labute approximate surface area is 116 Å². The molecular weight excluding hydrogens is 262 g/mol. The highest BCUT2D eigenvalue weighted by Crippen LogP contribution is 2.25. The van der Waals surface area contributed by atoms with Crippen molar-refractivity contribution in [2.24, 2.45) is 0 Å². The zero-order chi connectivity index (χ0) is 13.7. The Hall–Kier alpha value is -2.31. The zero-order valence-electron chi connectivity index (χ0n) is 9.92. The third-order valence-corrected chi connectivity index (χ3v) is 2.88. The van der Waals surface area contributed by atoms with Gasteiger partial charge in [0.1, 0.15) is 6.07 Å². The molecule has 0 aliphatic heterocycles. The molecule has 0 aromatic heterocycles. The fourth-order valence-electron chi connectivity index (χ4n) is 1.60. The fourth-order valence-corrected chi connectivity index (χ4v) is 1.83. The number of nitriles is 1. The van der Waals surface area contributed by atoms with E-state index in [-0.39, 0.29) is 0 Å². The minimum Gasteiger partial charge on any atom is -0.438 e. The highest BCUT2D eigenvalue weighted by atomic mass is 35.5. The Bertz CT molecular complexity index is 620. The first-order valence-electron chi connectivity index (χ1n) is 5.62. The van der Waals surface area contributed by atoms with Gasteiger partial charge in [0, 0.05) is 10.6 Å². The Kier molecular flexibility index (Phi) is 4.17. The van der Waals surface area contributed by atoms with Gasteiger partial charge in [-0.25, -0.2) is 4.79 Å². The van der Waals surface area contributed by atoms with Gasteiger partial charge in [-0.2, -0.15) is 5.26 Å². The smallest absolute Gasteiger partial charge is 0.339 e. The Morgan fingerprint density at radius 3 is 2.37 bits per heavy atom. The molecule has 3 nitrogen and oxygen atoms in total. The molecule has 2 aromatic carbocycles. The molecular formula is C15H10ClNO2. The van der Waals surface area contributed by atoms with Crippen LogP contribution < -0.4 is 0 Å². The van der Waals surface area contributed by atoms with Gasteiger partial charge in [0.15, 0.2) is 0 Å². The molecule has 0 unspecified atom stereocenters. The number of carbonyl (C=O) groups is 1. The molecule has 0 spiro atoms. The molecule has 0 saturated heterocycles. The van der Waals surface area contributed by atoms with Gasteiger partial charge in [0.2, 0.25) is 6.10 Å². The molecule has 0 N–H and O–H groups in total. The van der Waals surface area contributed by atoms with Crippen molar-refractivity contribution in [3.05, 3.63) is 70.7 Å². The van der Waals surface area contributed by atoms with E-state index >= 15 is 0 Å². The number of benzene rings is 2. The maximum Gasteiger partial charge on any atom is 0.339 e. The van der Waals surface area contributed by atoms with Crippen LogP contribution in [0.1, 0.15) is 22.0 Å². The van der Waals surface area contributed by atoms with Gasteiger partial charge in [-0.1, -0.05) is 48.0 Å². The van der Waals surface area contributed by atoms with Crippen LogP contribution in [0.25, 0.3) is 0 Å². The number of ether oxygens (including phenoxy) is 1. The van der Waals surface area contributed by atoms with E-state index in [1.807, 2.05) is 6.07 Å². The van der Waals surface area contributed by atoms with Gasteiger partial charge in [-0.05, 0) is 18.2 Å². The molecule has 2 aromatic rings. The maximum atomic E-state index is 11.9. The first kappa shape index (κ1) is 13.1. The summed E-state index contributed by atoms with van der Waals surface area (Å²) in [6.45, 7) is 0. The van der Waals surface area contributed by atoms with Crippen LogP contribution in [0.15, 0.2) is 54.6 Å². The maximum absolute atomic E-state index is 11.9. The number of halogens is 1. The summed E-state index contributed by atoms with van der Waals surface area (Å²) >= 11 is 5.98. The number of rotatable bonds is 3. The highest BCUT2D eigenvalue weighted by molar-refractivity contribution is 6.31. The van der Waals surface area contributed by atoms with Gasteiger partial charge >= 0.3 is 5.97 Å². The quantitative estimate of drug-likeness (QED) is 0.799. The standard InChI is InChI=1S/C15H10ClNO2/c16-13-9-5-4-8-12(13)14(10-17)19-15(18)11-6-2-1-3-7-11/h1-9,14H/t14-/m1/s1. The van der Waals surface area contributed by atoms with Crippen molar-refractivity contribution in [3.8, 4) is 6.07 Å². The first-order chi connectivity index (χ1) is 9.22. The molecule has 94 valence electrons. The topological polar surface area (TPSA) is 50.1 Å². The van der Waals surface area contributed by atoms with Crippen LogP contribution in [0, 0.1) is 11.3 Å². The summed E-state index contributed by atoms with van der Waals surface area (Å²) in [6, 6.07) is 17.2. The molecule has 4 heteroatoms. The summed E-state index contributed by atoms with van der Waals surface area (Å²) in [4.78, 5) is 11.9. The number of nitrogens with zero attached hydrogens (tertiary/aromatic N) is 1. The summed E-state index contributed by atoms with van der Waals surface area (Å²) in [5.41, 5.74) is 0.880. The monoisotopic (exact) mass is 271 g/mol. The average Bonchev–Trinajstić information content (AvgIpc) is 2.46. The Morgan fingerprint density at radius 1 is 1.11 bits per heavy atom. The summed E-state index contributed by atoms with van der Waals surface area (Å²) in [6.07, 6.45) is -1.01. The van der Waals surface area contributed by atoms with E-state index < -0.39 is 12.1 Å². The van der Waals surface area contributed by atoms with E-state index in [1.54, 1.807) is 54.6 Å². The normalized spacial score (nSPS) is 11.4. The molecule has 0 saturated carbocycles. The summed E-state index contributed by atoms with van der Waals surface area (Å²) in [5, 5.41) is 9.51. The summed E-state index contributed by atoms with van der Waals surface area (Å²) < 4.78 is 5.17. The van der Waals surface area contributed by atoms with Gasteiger partial charge in [0.05, 0.1) is 5.56 Å². The zero-order valence-corrected chi connectivity index (χ0v) is 10.7. The van der Waals surface area contributed by atoms with Crippen molar-refractivity contribution in [2.75, 3.05) is 0 Å². The fraction of sp³-hybridized carbons (Fsp3) is 0.0667. The van der Waals surface area contributed by atoms with Crippen molar-refractivity contribution in [1.82, 2.24) is 0 Å². The minimum absolute atomic E-state index is 0.398. The van der Waals surface area contributed by atoms with E-state index in [0.29, 0.717) is 16.1 Å². The molecule has 0 bridgehead atoms. The molecule has 2 rings (SSSR count). The summed E-state index contributed by atoms with van der Waals surface area (Å²) in [5.74, 6) is -0.549. The third kappa shape index (κ3) is 3.12. The van der Waals surface area contributed by atoms with Crippen LogP contribution in [-0.2, 0) is 4.74 Å². The lowest BCUT2D eigenvalue weighted by Gasteiger charge is -2.12. The molecule has 0 amide bonds. The first-order valence-corrected chi connectivity index (χ1v) is 6.00. The molecule has 0 aliphatic carbocycles. The minimum atomic E-state index is -1.01. The number of hydrogen-bond donors (Lipinski definition) is 0. The van der Waals surface area contributed by atoms with Crippen LogP contribution >= 0.6 is 11.6 Å². The van der Waals surface area contributed by atoms with Gasteiger partial charge in [-0.3, -0.25) is 0 Å². The summed E-state index contributed by atoms with van der Waals surface area (Å²) in [7, 11) is 0. The van der Waals surface area contributed by atoms with Gasteiger partial charge in [-0.15, -0.1) is 0 Å². The largest absolute Gasteiger partial charge is 0.438 e. The second-order valence-corrected chi connectivity index (χ2v) is 4.21. The van der Waals surface area contributed by atoms with Crippen molar-refractivity contribution in [3.63, 3.8) is 0 Å². The average molecular weight is 272 g/mol. The van der Waals surface area contributed by atoms with Gasteiger partial charge < -0.3 is 4.74 Å². The van der Waals surface area contributed by atoms with E-state index in [1.165, 1.54) is 0 Å². The second-order valence-electron chi connectivity index (χ2n) is 3.80. The van der Waals surface area contributed by atoms with E-state index in [2.05, 4.69) is 0 Å². The van der Waals surface area contributed by atoms with E-state index in [4.69, 9.17) is 21.6 Å². The molecule has 0 aliphatic rings. The van der Waals surface area contributed by atoms with E-state index in [0.717, 1.165) is 0 Å². The van der Waals surface area contributed by atoms with Crippen LogP contribution in [0.5, 0.6) is 0 Å². The van der Waals surface area contributed by atoms with Crippen LogP contribution in [0.2, 0.25) is 5.02 Å². The van der Waals surface area contributed by atoms with Crippen molar-refractivity contribution in [1.29, 1.82) is 5.26 Å². The van der Waals surface area contributed by atoms with Crippen molar-refractivity contribution in [2.45, 2.75) is 6.10 Å². The number of esters is 1. The Morgan fingerprint density at radius 2 is 1.74 bits per heavy atom. The predicted molar refractivity (Wildman–Crippen MR) is 71.7 cm³/mol. The SMILES string of the molecule is N#C[C@@H](OC(=O)c1ccccc1)c1ccccc1Cl. The molecule has 0 heterocycles. The lowest BCUT2D eigenvalue weighted by atomic mass is 10.1. The van der Waals surface area contributed by atoms with Crippen molar-refractivity contribution < 1.29 is 9.53 Å². The number of carbonyl (C=O) groups excluding carboxylic acids is 1. The molecule has 0 fully saturated rings. The predicted octanol–water partition coefficient (Wildman–Crippen LogP) is 3.76. The van der Waals surface area contributed by atoms with Crippen LogP contribution in [0.3, 0.4) is 0 Å². The Balaban J connectivity index is 2.20. The third-order valence-electron chi connectivity index (χ3n) is 2.54. The lowest BCUT2D eigenvalue weighted by molar-refractivity contribution is 0.0404. The van der Waals surface area contributed by atoms with Crippen LogP contribution in [0.4, 0.5) is 0 Å². The second kappa shape index (κ2) is 6.03.